The Morgan fingerprint density at radius 3 is 2.00 bits per heavy atom. The number of amides is 1. The second-order valence-electron chi connectivity index (χ2n) is 9.56. The zero-order valence-corrected chi connectivity index (χ0v) is 15.0. The number of hydrogen-bond donors (Lipinski definition) is 1. The first-order chi connectivity index (χ1) is 10.6. The van der Waals surface area contributed by atoms with Gasteiger partial charge in [-0.05, 0) is 68.6 Å². The molecule has 4 saturated carbocycles. The van der Waals surface area contributed by atoms with Crippen LogP contribution in [0.5, 0.6) is 0 Å². The van der Waals surface area contributed by atoms with Gasteiger partial charge in [-0.25, -0.2) is 0 Å². The zero-order chi connectivity index (χ0) is 16.8. The molecule has 4 bridgehead atoms. The number of carbonyl (C=O) groups excluding carboxylic acids is 2. The SMILES string of the molecule is C[C@H](OC(=O)CC(C)(C)C)C(=O)NC12CC3CC(CC(C3)C1)C2. The maximum absolute atomic E-state index is 12.5. The third kappa shape index (κ3) is 3.89. The molecule has 4 fully saturated rings. The Labute approximate surface area is 139 Å². The van der Waals surface area contributed by atoms with E-state index in [0.717, 1.165) is 37.0 Å². The molecule has 0 unspecified atom stereocenters. The molecule has 0 spiro atoms. The van der Waals surface area contributed by atoms with Crippen LogP contribution in [0, 0.1) is 23.2 Å². The van der Waals surface area contributed by atoms with Gasteiger partial charge in [0.25, 0.3) is 5.91 Å². The molecule has 4 aliphatic carbocycles. The monoisotopic (exact) mass is 321 g/mol. The van der Waals surface area contributed by atoms with Gasteiger partial charge in [-0.1, -0.05) is 20.8 Å². The van der Waals surface area contributed by atoms with E-state index in [2.05, 4.69) is 5.32 Å². The van der Waals surface area contributed by atoms with E-state index in [9.17, 15) is 9.59 Å². The summed E-state index contributed by atoms with van der Waals surface area (Å²) in [6.07, 6.45) is 7.05. The summed E-state index contributed by atoms with van der Waals surface area (Å²) in [7, 11) is 0. The molecule has 0 radical (unpaired) electrons. The van der Waals surface area contributed by atoms with Crippen molar-refractivity contribution >= 4 is 11.9 Å². The van der Waals surface area contributed by atoms with Crippen molar-refractivity contribution in [1.29, 1.82) is 0 Å². The Morgan fingerprint density at radius 1 is 1.09 bits per heavy atom. The van der Waals surface area contributed by atoms with Crippen LogP contribution in [0.2, 0.25) is 0 Å². The lowest BCUT2D eigenvalue weighted by atomic mass is 9.53. The fraction of sp³-hybridized carbons (Fsp3) is 0.895. The summed E-state index contributed by atoms with van der Waals surface area (Å²) in [6, 6.07) is 0. The quantitative estimate of drug-likeness (QED) is 0.807. The first kappa shape index (κ1) is 16.8. The van der Waals surface area contributed by atoms with Gasteiger partial charge in [-0.3, -0.25) is 9.59 Å². The fourth-order valence-corrected chi connectivity index (χ4v) is 5.35. The van der Waals surface area contributed by atoms with Crippen molar-refractivity contribution in [1.82, 2.24) is 5.32 Å². The number of hydrogen-bond acceptors (Lipinski definition) is 3. The van der Waals surface area contributed by atoms with Crippen LogP contribution in [0.15, 0.2) is 0 Å². The van der Waals surface area contributed by atoms with E-state index in [0.29, 0.717) is 6.42 Å². The Hall–Kier alpha value is -1.06. The second-order valence-corrected chi connectivity index (χ2v) is 9.56. The number of carbonyl (C=O) groups is 2. The van der Waals surface area contributed by atoms with Gasteiger partial charge < -0.3 is 10.1 Å². The molecule has 0 heterocycles. The molecule has 1 N–H and O–H groups in total. The van der Waals surface area contributed by atoms with Crippen LogP contribution in [0.25, 0.3) is 0 Å². The van der Waals surface area contributed by atoms with Crippen LogP contribution < -0.4 is 5.32 Å². The van der Waals surface area contributed by atoms with Crippen LogP contribution in [-0.4, -0.2) is 23.5 Å². The number of esters is 1. The van der Waals surface area contributed by atoms with Gasteiger partial charge in [0, 0.05) is 5.54 Å². The molecule has 4 heteroatoms. The summed E-state index contributed by atoms with van der Waals surface area (Å²) in [5, 5.41) is 3.28. The summed E-state index contributed by atoms with van der Waals surface area (Å²) < 4.78 is 5.35. The maximum Gasteiger partial charge on any atom is 0.307 e. The van der Waals surface area contributed by atoms with Gasteiger partial charge in [-0.15, -0.1) is 0 Å². The first-order valence-electron chi connectivity index (χ1n) is 9.16. The number of nitrogens with one attached hydrogen (secondary N) is 1. The van der Waals surface area contributed by atoms with Gasteiger partial charge in [0.1, 0.15) is 0 Å². The van der Waals surface area contributed by atoms with E-state index in [-0.39, 0.29) is 22.8 Å². The van der Waals surface area contributed by atoms with Crippen molar-refractivity contribution in [3.05, 3.63) is 0 Å². The molecule has 23 heavy (non-hydrogen) atoms. The maximum atomic E-state index is 12.5. The third-order valence-electron chi connectivity index (χ3n) is 5.78. The molecule has 4 aliphatic rings. The molecule has 0 aliphatic heterocycles. The smallest absolute Gasteiger partial charge is 0.307 e. The van der Waals surface area contributed by atoms with E-state index in [4.69, 9.17) is 4.74 Å². The van der Waals surface area contributed by atoms with Gasteiger partial charge in [0.2, 0.25) is 0 Å². The average Bonchev–Trinajstić information content (AvgIpc) is 2.33. The normalized spacial score (nSPS) is 36.6. The van der Waals surface area contributed by atoms with Gasteiger partial charge in [0.05, 0.1) is 6.42 Å². The Kier molecular flexibility index (Phi) is 4.22. The molecule has 1 amide bonds. The fourth-order valence-electron chi connectivity index (χ4n) is 5.35. The predicted molar refractivity (Wildman–Crippen MR) is 88.7 cm³/mol. The highest BCUT2D eigenvalue weighted by atomic mass is 16.5. The zero-order valence-electron chi connectivity index (χ0n) is 15.0. The molecule has 4 nitrogen and oxygen atoms in total. The minimum atomic E-state index is -0.696. The topological polar surface area (TPSA) is 55.4 Å². The predicted octanol–water partition coefficient (Wildman–Crippen LogP) is 3.44. The van der Waals surface area contributed by atoms with E-state index in [1.54, 1.807) is 6.92 Å². The van der Waals surface area contributed by atoms with E-state index in [1.165, 1.54) is 19.3 Å². The minimum absolute atomic E-state index is 0.0173. The summed E-state index contributed by atoms with van der Waals surface area (Å²) >= 11 is 0. The Bertz CT molecular complexity index is 456. The first-order valence-corrected chi connectivity index (χ1v) is 9.16. The van der Waals surface area contributed by atoms with Gasteiger partial charge in [-0.2, -0.15) is 0 Å². The molecule has 0 aromatic rings. The van der Waals surface area contributed by atoms with Crippen LogP contribution in [0.1, 0.15) is 72.6 Å². The summed E-state index contributed by atoms with van der Waals surface area (Å²) in [5.41, 5.74) is -0.135. The molecule has 1 atom stereocenters. The molecule has 0 aromatic carbocycles. The highest BCUT2D eigenvalue weighted by Crippen LogP contribution is 2.55. The molecule has 0 aromatic heterocycles. The lowest BCUT2D eigenvalue weighted by Crippen LogP contribution is -2.61. The minimum Gasteiger partial charge on any atom is -0.453 e. The summed E-state index contributed by atoms with van der Waals surface area (Å²) in [5.74, 6) is 1.97. The Morgan fingerprint density at radius 2 is 1.57 bits per heavy atom. The van der Waals surface area contributed by atoms with E-state index >= 15 is 0 Å². The van der Waals surface area contributed by atoms with E-state index < -0.39 is 6.10 Å². The molecule has 4 rings (SSSR count). The number of rotatable bonds is 4. The van der Waals surface area contributed by atoms with Crippen LogP contribution in [0.3, 0.4) is 0 Å². The van der Waals surface area contributed by atoms with Crippen molar-refractivity contribution in [2.45, 2.75) is 84.3 Å². The van der Waals surface area contributed by atoms with Crippen molar-refractivity contribution in [2.24, 2.45) is 23.2 Å². The van der Waals surface area contributed by atoms with Crippen molar-refractivity contribution in [2.75, 3.05) is 0 Å². The second kappa shape index (κ2) is 5.78. The highest BCUT2D eigenvalue weighted by molar-refractivity contribution is 5.84. The Balaban J connectivity index is 1.55. The van der Waals surface area contributed by atoms with Crippen molar-refractivity contribution < 1.29 is 14.3 Å². The van der Waals surface area contributed by atoms with Crippen LogP contribution >= 0.6 is 0 Å². The lowest BCUT2D eigenvalue weighted by Gasteiger charge is -2.57. The standard InChI is InChI=1S/C19H31NO3/c1-12(23-16(21)11-18(2,3)4)17(22)20-19-8-13-5-14(9-19)7-15(6-13)10-19/h12-15H,5-11H2,1-4H3,(H,20,22)/t12-,13?,14?,15?,19?/m0/s1. The van der Waals surface area contributed by atoms with Gasteiger partial charge in [0.15, 0.2) is 6.10 Å². The molecule has 0 saturated heterocycles. The van der Waals surface area contributed by atoms with E-state index in [1.807, 2.05) is 20.8 Å². The largest absolute Gasteiger partial charge is 0.453 e. The van der Waals surface area contributed by atoms with Crippen LogP contribution in [0.4, 0.5) is 0 Å². The highest BCUT2D eigenvalue weighted by Gasteiger charge is 2.51. The van der Waals surface area contributed by atoms with Gasteiger partial charge >= 0.3 is 5.97 Å². The molecular weight excluding hydrogens is 290 g/mol. The molecule has 130 valence electrons. The summed E-state index contributed by atoms with van der Waals surface area (Å²) in [6.45, 7) is 7.67. The summed E-state index contributed by atoms with van der Waals surface area (Å²) in [4.78, 5) is 24.5. The molecular formula is C19H31NO3. The van der Waals surface area contributed by atoms with Crippen molar-refractivity contribution in [3.8, 4) is 0 Å². The number of ether oxygens (including phenoxy) is 1. The van der Waals surface area contributed by atoms with Crippen molar-refractivity contribution in [3.63, 3.8) is 0 Å². The lowest BCUT2D eigenvalue weighted by molar-refractivity contribution is -0.158. The average molecular weight is 321 g/mol. The third-order valence-corrected chi connectivity index (χ3v) is 5.78. The van der Waals surface area contributed by atoms with Crippen LogP contribution in [-0.2, 0) is 14.3 Å².